The van der Waals surface area contributed by atoms with Gasteiger partial charge >= 0.3 is 0 Å². The molecule has 118 valence electrons. The molecule has 1 heterocycles. The molecule has 0 atom stereocenters. The van der Waals surface area contributed by atoms with Crippen molar-refractivity contribution in [2.75, 3.05) is 11.9 Å². The first kappa shape index (κ1) is 15.2. The van der Waals surface area contributed by atoms with Crippen LogP contribution in [0.25, 0.3) is 0 Å². The Hall–Kier alpha value is -2.69. The minimum atomic E-state index is -0.425. The number of carbonyl (C=O) groups is 2. The van der Waals surface area contributed by atoms with Crippen LogP contribution in [0.1, 0.15) is 39.6 Å². The van der Waals surface area contributed by atoms with Crippen molar-refractivity contribution in [2.45, 2.75) is 19.9 Å². The smallest absolute Gasteiger partial charge is 0.256 e. The summed E-state index contributed by atoms with van der Waals surface area (Å²) in [6.45, 7) is 3.20. The molecule has 0 radical (unpaired) electrons. The fourth-order valence-electron chi connectivity index (χ4n) is 2.82. The van der Waals surface area contributed by atoms with Crippen molar-refractivity contribution in [1.82, 2.24) is 4.90 Å². The van der Waals surface area contributed by atoms with Gasteiger partial charge in [0.15, 0.2) is 0 Å². The van der Waals surface area contributed by atoms with Crippen LogP contribution < -0.4 is 5.32 Å². The summed E-state index contributed by atoms with van der Waals surface area (Å²) < 4.78 is 13.2. The molecule has 0 saturated carbocycles. The molecule has 1 N–H and O–H groups in total. The molecule has 0 aliphatic carbocycles. The molecule has 0 fully saturated rings. The molecule has 23 heavy (non-hydrogen) atoms. The van der Waals surface area contributed by atoms with Gasteiger partial charge in [0.25, 0.3) is 11.8 Å². The molecule has 2 amide bonds. The van der Waals surface area contributed by atoms with E-state index in [1.54, 1.807) is 23.1 Å². The summed E-state index contributed by atoms with van der Waals surface area (Å²) in [7, 11) is 0. The lowest BCUT2D eigenvalue weighted by Gasteiger charge is -2.13. The van der Waals surface area contributed by atoms with E-state index in [1.165, 1.54) is 18.2 Å². The highest BCUT2D eigenvalue weighted by molar-refractivity contribution is 6.13. The third-order valence-corrected chi connectivity index (χ3v) is 3.83. The Kier molecular flexibility index (Phi) is 4.10. The van der Waals surface area contributed by atoms with E-state index in [0.29, 0.717) is 29.9 Å². The number of amides is 2. The highest BCUT2D eigenvalue weighted by atomic mass is 19.1. The maximum Gasteiger partial charge on any atom is 0.256 e. The zero-order valence-corrected chi connectivity index (χ0v) is 12.8. The van der Waals surface area contributed by atoms with E-state index < -0.39 is 11.7 Å². The highest BCUT2D eigenvalue weighted by Crippen LogP contribution is 2.27. The summed E-state index contributed by atoms with van der Waals surface area (Å²) in [5.41, 5.74) is 2.00. The zero-order chi connectivity index (χ0) is 16.4. The molecule has 4 nitrogen and oxygen atoms in total. The second kappa shape index (κ2) is 6.20. The summed E-state index contributed by atoms with van der Waals surface area (Å²) in [4.78, 5) is 26.7. The van der Waals surface area contributed by atoms with Crippen molar-refractivity contribution in [3.63, 3.8) is 0 Å². The van der Waals surface area contributed by atoms with E-state index in [9.17, 15) is 14.0 Å². The van der Waals surface area contributed by atoms with Gasteiger partial charge in [-0.25, -0.2) is 4.39 Å². The van der Waals surface area contributed by atoms with Gasteiger partial charge in [0, 0.05) is 18.8 Å². The van der Waals surface area contributed by atoms with Crippen LogP contribution in [0.2, 0.25) is 0 Å². The second-order valence-electron chi connectivity index (χ2n) is 5.53. The van der Waals surface area contributed by atoms with Crippen LogP contribution in [0.3, 0.4) is 0 Å². The van der Waals surface area contributed by atoms with Gasteiger partial charge in [-0.05, 0) is 36.2 Å². The Morgan fingerprint density at radius 2 is 2.04 bits per heavy atom. The SMILES string of the molecule is CCCN1Cc2cccc(C(=O)Nc3cccc(F)c3)c2C1=O. The minimum absolute atomic E-state index is 0.119. The standard InChI is InChI=1S/C18H17FN2O2/c1-2-9-21-11-12-5-3-8-15(16(12)18(21)23)17(22)20-14-7-4-6-13(19)10-14/h3-8,10H,2,9,11H2,1H3,(H,20,22). The number of fused-ring (bicyclic) bond motifs is 1. The van der Waals surface area contributed by atoms with Crippen LogP contribution >= 0.6 is 0 Å². The molecule has 5 heteroatoms. The van der Waals surface area contributed by atoms with Crippen molar-refractivity contribution < 1.29 is 14.0 Å². The Morgan fingerprint density at radius 1 is 1.26 bits per heavy atom. The van der Waals surface area contributed by atoms with Gasteiger partial charge in [-0.15, -0.1) is 0 Å². The average Bonchev–Trinajstić information content (AvgIpc) is 2.84. The fourth-order valence-corrected chi connectivity index (χ4v) is 2.82. The van der Waals surface area contributed by atoms with Crippen molar-refractivity contribution in [1.29, 1.82) is 0 Å². The van der Waals surface area contributed by atoms with Crippen LogP contribution in [-0.4, -0.2) is 23.3 Å². The first-order valence-electron chi connectivity index (χ1n) is 7.58. The number of halogens is 1. The summed E-state index contributed by atoms with van der Waals surface area (Å²) >= 11 is 0. The summed E-state index contributed by atoms with van der Waals surface area (Å²) in [5, 5.41) is 2.65. The van der Waals surface area contributed by atoms with Gasteiger partial charge in [-0.3, -0.25) is 9.59 Å². The minimum Gasteiger partial charge on any atom is -0.334 e. The van der Waals surface area contributed by atoms with Crippen molar-refractivity contribution >= 4 is 17.5 Å². The molecule has 0 unspecified atom stereocenters. The van der Waals surface area contributed by atoms with E-state index in [2.05, 4.69) is 5.32 Å². The largest absolute Gasteiger partial charge is 0.334 e. The summed E-state index contributed by atoms with van der Waals surface area (Å²) in [6.07, 6.45) is 0.866. The zero-order valence-electron chi connectivity index (χ0n) is 12.8. The Labute approximate surface area is 133 Å². The van der Waals surface area contributed by atoms with Gasteiger partial charge in [-0.2, -0.15) is 0 Å². The predicted molar refractivity (Wildman–Crippen MR) is 85.8 cm³/mol. The first-order valence-corrected chi connectivity index (χ1v) is 7.58. The van der Waals surface area contributed by atoms with Crippen LogP contribution in [0.4, 0.5) is 10.1 Å². The quantitative estimate of drug-likeness (QED) is 0.940. The lowest BCUT2D eigenvalue weighted by Crippen LogP contribution is -2.26. The molecule has 0 aromatic heterocycles. The molecule has 1 aliphatic heterocycles. The number of nitrogens with one attached hydrogen (secondary N) is 1. The third kappa shape index (κ3) is 2.95. The van der Waals surface area contributed by atoms with Crippen LogP contribution in [0, 0.1) is 5.82 Å². The van der Waals surface area contributed by atoms with Crippen LogP contribution in [0.15, 0.2) is 42.5 Å². The van der Waals surface area contributed by atoms with Gasteiger partial charge < -0.3 is 10.2 Å². The molecule has 0 spiro atoms. The molecule has 2 aromatic carbocycles. The maximum absolute atomic E-state index is 13.2. The summed E-state index contributed by atoms with van der Waals surface area (Å²) in [6, 6.07) is 10.9. The molecule has 3 rings (SSSR count). The van der Waals surface area contributed by atoms with Gasteiger partial charge in [0.2, 0.25) is 0 Å². The lowest BCUT2D eigenvalue weighted by molar-refractivity contribution is 0.0774. The Bertz CT molecular complexity index is 773. The topological polar surface area (TPSA) is 49.4 Å². The van der Waals surface area contributed by atoms with Crippen molar-refractivity contribution in [3.8, 4) is 0 Å². The lowest BCUT2D eigenvalue weighted by atomic mass is 10.0. The highest BCUT2D eigenvalue weighted by Gasteiger charge is 2.31. The van der Waals surface area contributed by atoms with Gasteiger partial charge in [0.05, 0.1) is 11.1 Å². The van der Waals surface area contributed by atoms with E-state index in [4.69, 9.17) is 0 Å². The van der Waals surface area contributed by atoms with Crippen molar-refractivity contribution in [3.05, 3.63) is 65.0 Å². The number of benzene rings is 2. The Morgan fingerprint density at radius 3 is 2.78 bits per heavy atom. The number of hydrogen-bond acceptors (Lipinski definition) is 2. The molecular formula is C18H17FN2O2. The van der Waals surface area contributed by atoms with E-state index in [0.717, 1.165) is 12.0 Å². The molecule has 1 aliphatic rings. The fraction of sp³-hybridized carbons (Fsp3) is 0.222. The number of hydrogen-bond donors (Lipinski definition) is 1. The first-order chi connectivity index (χ1) is 11.1. The summed E-state index contributed by atoms with van der Waals surface area (Å²) in [5.74, 6) is -0.947. The molecule has 0 bridgehead atoms. The van der Waals surface area contributed by atoms with E-state index >= 15 is 0 Å². The van der Waals surface area contributed by atoms with Crippen LogP contribution in [-0.2, 0) is 6.54 Å². The Balaban J connectivity index is 1.89. The molecular weight excluding hydrogens is 295 g/mol. The second-order valence-corrected chi connectivity index (χ2v) is 5.53. The normalized spacial score (nSPS) is 13.1. The molecule has 2 aromatic rings. The monoisotopic (exact) mass is 312 g/mol. The maximum atomic E-state index is 13.2. The number of carbonyl (C=O) groups excluding carboxylic acids is 2. The van der Waals surface area contributed by atoms with Gasteiger partial charge in [-0.1, -0.05) is 25.1 Å². The number of nitrogens with zero attached hydrogens (tertiary/aromatic N) is 1. The van der Waals surface area contributed by atoms with Crippen LogP contribution in [0.5, 0.6) is 0 Å². The third-order valence-electron chi connectivity index (χ3n) is 3.83. The van der Waals surface area contributed by atoms with E-state index in [-0.39, 0.29) is 5.91 Å². The number of rotatable bonds is 4. The molecule has 0 saturated heterocycles. The van der Waals surface area contributed by atoms with Crippen molar-refractivity contribution in [2.24, 2.45) is 0 Å². The van der Waals surface area contributed by atoms with Gasteiger partial charge in [0.1, 0.15) is 5.82 Å². The predicted octanol–water partition coefficient (Wildman–Crippen LogP) is 3.44. The average molecular weight is 312 g/mol. The van der Waals surface area contributed by atoms with E-state index in [1.807, 2.05) is 13.0 Å². The number of anilines is 1.